The molecule has 0 saturated carbocycles. The zero-order valence-electron chi connectivity index (χ0n) is 14.7. The van der Waals surface area contributed by atoms with Crippen LogP contribution in [0.15, 0.2) is 24.3 Å². The Bertz CT molecular complexity index is 592. The Morgan fingerprint density at radius 1 is 1.04 bits per heavy atom. The van der Waals surface area contributed by atoms with Gasteiger partial charge in [-0.25, -0.2) is 0 Å². The molecule has 6 nitrogen and oxygen atoms in total. The van der Waals surface area contributed by atoms with Crippen LogP contribution in [0, 0.1) is 0 Å². The lowest BCUT2D eigenvalue weighted by atomic mass is 9.85. The highest BCUT2D eigenvalue weighted by Gasteiger charge is 2.29. The van der Waals surface area contributed by atoms with Gasteiger partial charge in [-0.1, -0.05) is 12.1 Å². The minimum Gasteiger partial charge on any atom is -0.481 e. The number of amides is 2. The molecule has 0 aromatic heterocycles. The van der Waals surface area contributed by atoms with E-state index in [0.717, 1.165) is 0 Å². The smallest absolute Gasteiger partial charge is 0.313 e. The number of nitrogens with one attached hydrogen (secondary N) is 2. The molecule has 0 aliphatic heterocycles. The summed E-state index contributed by atoms with van der Waals surface area (Å²) in [6.45, 7) is 7.04. The summed E-state index contributed by atoms with van der Waals surface area (Å²) in [5.41, 5.74) is 0.293. The summed E-state index contributed by atoms with van der Waals surface area (Å²) in [4.78, 5) is 34.6. The topological polar surface area (TPSA) is 95.5 Å². The first-order chi connectivity index (χ1) is 11.1. The molecule has 0 heterocycles. The van der Waals surface area contributed by atoms with Gasteiger partial charge in [0, 0.05) is 24.6 Å². The van der Waals surface area contributed by atoms with Crippen LogP contribution in [0.5, 0.6) is 0 Å². The molecule has 0 radical (unpaired) electrons. The zero-order chi connectivity index (χ0) is 18.3. The second-order valence-corrected chi connectivity index (χ2v) is 6.63. The SMILES string of the molecule is CC(C)NC(=O)CCCC(=O)Nc1ccc(C(C)(C)C(=O)O)cc1. The maximum absolute atomic E-state index is 11.9. The first kappa shape index (κ1) is 19.7. The molecule has 0 aliphatic rings. The Labute approximate surface area is 142 Å². The van der Waals surface area contributed by atoms with Crippen LogP contribution in [-0.2, 0) is 19.8 Å². The van der Waals surface area contributed by atoms with Gasteiger partial charge in [0.2, 0.25) is 11.8 Å². The first-order valence-corrected chi connectivity index (χ1v) is 8.06. The molecule has 0 saturated heterocycles. The van der Waals surface area contributed by atoms with E-state index in [9.17, 15) is 19.5 Å². The summed E-state index contributed by atoms with van der Waals surface area (Å²) < 4.78 is 0. The lowest BCUT2D eigenvalue weighted by molar-refractivity contribution is -0.142. The van der Waals surface area contributed by atoms with Crippen molar-refractivity contribution < 1.29 is 19.5 Å². The third-order valence-corrected chi connectivity index (χ3v) is 3.68. The summed E-state index contributed by atoms with van der Waals surface area (Å²) in [6.07, 6.45) is 1.06. The maximum Gasteiger partial charge on any atom is 0.313 e. The Hall–Kier alpha value is -2.37. The van der Waals surface area contributed by atoms with Crippen molar-refractivity contribution in [2.75, 3.05) is 5.32 Å². The molecule has 2 amide bonds. The van der Waals surface area contributed by atoms with E-state index in [1.54, 1.807) is 38.1 Å². The third-order valence-electron chi connectivity index (χ3n) is 3.68. The van der Waals surface area contributed by atoms with Crippen LogP contribution >= 0.6 is 0 Å². The monoisotopic (exact) mass is 334 g/mol. The Morgan fingerprint density at radius 3 is 2.08 bits per heavy atom. The zero-order valence-corrected chi connectivity index (χ0v) is 14.7. The molecule has 6 heteroatoms. The van der Waals surface area contributed by atoms with Crippen LogP contribution in [0.3, 0.4) is 0 Å². The normalized spacial score (nSPS) is 11.2. The van der Waals surface area contributed by atoms with Gasteiger partial charge in [-0.15, -0.1) is 0 Å². The lowest BCUT2D eigenvalue weighted by Gasteiger charge is -2.19. The molecule has 24 heavy (non-hydrogen) atoms. The van der Waals surface area contributed by atoms with Gasteiger partial charge >= 0.3 is 5.97 Å². The van der Waals surface area contributed by atoms with Gasteiger partial charge in [0.15, 0.2) is 0 Å². The number of hydrogen-bond donors (Lipinski definition) is 3. The van der Waals surface area contributed by atoms with Crippen molar-refractivity contribution in [2.45, 2.75) is 58.4 Å². The fraction of sp³-hybridized carbons (Fsp3) is 0.500. The van der Waals surface area contributed by atoms with E-state index in [2.05, 4.69) is 10.6 Å². The highest BCUT2D eigenvalue weighted by molar-refractivity contribution is 5.91. The quantitative estimate of drug-likeness (QED) is 0.681. The van der Waals surface area contributed by atoms with Gasteiger partial charge < -0.3 is 15.7 Å². The van der Waals surface area contributed by atoms with Crippen molar-refractivity contribution in [3.63, 3.8) is 0 Å². The molecule has 1 aromatic rings. The summed E-state index contributed by atoms with van der Waals surface area (Å²) in [5.74, 6) is -1.13. The molecule has 0 spiro atoms. The highest BCUT2D eigenvalue weighted by atomic mass is 16.4. The summed E-state index contributed by atoms with van der Waals surface area (Å²) in [6, 6.07) is 6.85. The Balaban J connectivity index is 2.48. The third kappa shape index (κ3) is 6.02. The molecular formula is C18H26N2O4. The van der Waals surface area contributed by atoms with E-state index in [0.29, 0.717) is 24.1 Å². The van der Waals surface area contributed by atoms with Crippen molar-refractivity contribution >= 4 is 23.5 Å². The van der Waals surface area contributed by atoms with E-state index in [-0.39, 0.29) is 24.3 Å². The summed E-state index contributed by atoms with van der Waals surface area (Å²) in [5, 5.41) is 14.7. The molecule has 132 valence electrons. The van der Waals surface area contributed by atoms with Gasteiger partial charge in [-0.3, -0.25) is 14.4 Å². The molecular weight excluding hydrogens is 308 g/mol. The Kier molecular flexibility index (Phi) is 6.95. The van der Waals surface area contributed by atoms with Crippen LogP contribution in [0.1, 0.15) is 52.5 Å². The number of carbonyl (C=O) groups is 3. The average molecular weight is 334 g/mol. The number of aliphatic carboxylic acids is 1. The number of carboxylic acid groups (broad SMARTS) is 1. The van der Waals surface area contributed by atoms with E-state index in [1.165, 1.54) is 0 Å². The molecule has 0 bridgehead atoms. The largest absolute Gasteiger partial charge is 0.481 e. The fourth-order valence-electron chi connectivity index (χ4n) is 2.12. The first-order valence-electron chi connectivity index (χ1n) is 8.06. The van der Waals surface area contributed by atoms with Crippen molar-refractivity contribution in [2.24, 2.45) is 0 Å². The van der Waals surface area contributed by atoms with Crippen LogP contribution < -0.4 is 10.6 Å². The average Bonchev–Trinajstić information content (AvgIpc) is 2.46. The number of hydrogen-bond acceptors (Lipinski definition) is 3. The van der Waals surface area contributed by atoms with Crippen LogP contribution in [0.4, 0.5) is 5.69 Å². The number of carbonyl (C=O) groups excluding carboxylic acids is 2. The predicted molar refractivity (Wildman–Crippen MR) is 92.9 cm³/mol. The van der Waals surface area contributed by atoms with Gasteiger partial charge in [-0.2, -0.15) is 0 Å². The van der Waals surface area contributed by atoms with Crippen molar-refractivity contribution in [3.05, 3.63) is 29.8 Å². The molecule has 0 unspecified atom stereocenters. The summed E-state index contributed by atoms with van der Waals surface area (Å²) in [7, 11) is 0. The standard InChI is InChI=1S/C18H26N2O4/c1-12(2)19-15(21)6-5-7-16(22)20-14-10-8-13(9-11-14)18(3,4)17(23)24/h8-12H,5-7H2,1-4H3,(H,19,21)(H,20,22)(H,23,24). The van der Waals surface area contributed by atoms with Crippen molar-refractivity contribution in [1.82, 2.24) is 5.32 Å². The predicted octanol–water partition coefficient (Wildman–Crippen LogP) is 2.68. The molecule has 1 rings (SSSR count). The number of benzene rings is 1. The van der Waals surface area contributed by atoms with E-state index in [4.69, 9.17) is 0 Å². The molecule has 0 aliphatic carbocycles. The highest BCUT2D eigenvalue weighted by Crippen LogP contribution is 2.24. The second-order valence-electron chi connectivity index (χ2n) is 6.63. The maximum atomic E-state index is 11.9. The molecule has 0 fully saturated rings. The fourth-order valence-corrected chi connectivity index (χ4v) is 2.12. The van der Waals surface area contributed by atoms with E-state index < -0.39 is 11.4 Å². The Morgan fingerprint density at radius 2 is 1.58 bits per heavy atom. The minimum atomic E-state index is -0.980. The van der Waals surface area contributed by atoms with Crippen LogP contribution in [0.25, 0.3) is 0 Å². The van der Waals surface area contributed by atoms with Gasteiger partial charge in [-0.05, 0) is 51.8 Å². The molecule has 3 N–H and O–H groups in total. The number of rotatable bonds is 8. The van der Waals surface area contributed by atoms with E-state index >= 15 is 0 Å². The van der Waals surface area contributed by atoms with Crippen LogP contribution in [0.2, 0.25) is 0 Å². The van der Waals surface area contributed by atoms with Crippen LogP contribution in [-0.4, -0.2) is 28.9 Å². The van der Waals surface area contributed by atoms with Gasteiger partial charge in [0.25, 0.3) is 0 Å². The van der Waals surface area contributed by atoms with Crippen molar-refractivity contribution in [3.8, 4) is 0 Å². The van der Waals surface area contributed by atoms with Gasteiger partial charge in [0.05, 0.1) is 5.41 Å². The molecule has 1 aromatic carbocycles. The lowest BCUT2D eigenvalue weighted by Crippen LogP contribution is -2.30. The second kappa shape index (κ2) is 8.47. The van der Waals surface area contributed by atoms with Gasteiger partial charge in [0.1, 0.15) is 0 Å². The number of anilines is 1. The number of carboxylic acids is 1. The van der Waals surface area contributed by atoms with E-state index in [1.807, 2.05) is 13.8 Å². The molecule has 0 atom stereocenters. The van der Waals surface area contributed by atoms with Crippen molar-refractivity contribution in [1.29, 1.82) is 0 Å². The minimum absolute atomic E-state index is 0.0574. The summed E-state index contributed by atoms with van der Waals surface area (Å²) >= 11 is 0.